The molecule has 1 aromatic heterocycles. The summed E-state index contributed by atoms with van der Waals surface area (Å²) in [6.45, 7) is 3.37. The molecule has 0 saturated carbocycles. The van der Waals surface area contributed by atoms with Gasteiger partial charge in [-0.05, 0) is 26.0 Å². The van der Waals surface area contributed by atoms with E-state index in [1.807, 2.05) is 26.0 Å². The monoisotopic (exact) mass is 321 g/mol. The van der Waals surface area contributed by atoms with E-state index in [9.17, 15) is 13.2 Å². The van der Waals surface area contributed by atoms with Crippen molar-refractivity contribution in [2.24, 2.45) is 0 Å². The van der Waals surface area contributed by atoms with Crippen LogP contribution in [0.5, 0.6) is 0 Å². The Morgan fingerprint density at radius 3 is 2.59 bits per heavy atom. The minimum atomic E-state index is -3.61. The van der Waals surface area contributed by atoms with Crippen LogP contribution >= 0.6 is 0 Å². The van der Waals surface area contributed by atoms with Crippen molar-refractivity contribution < 1.29 is 13.2 Å². The first-order chi connectivity index (χ1) is 10.3. The lowest BCUT2D eigenvalue weighted by Crippen LogP contribution is -2.42. The second-order valence-corrected chi connectivity index (χ2v) is 7.25. The number of benzene rings is 1. The van der Waals surface area contributed by atoms with Crippen LogP contribution in [0.15, 0.2) is 36.5 Å². The van der Waals surface area contributed by atoms with E-state index >= 15 is 0 Å². The van der Waals surface area contributed by atoms with Crippen molar-refractivity contribution in [3.63, 3.8) is 0 Å². The number of para-hydroxylation sites is 1. The first kappa shape index (κ1) is 16.2. The van der Waals surface area contributed by atoms with Gasteiger partial charge in [-0.1, -0.05) is 18.2 Å². The van der Waals surface area contributed by atoms with Crippen LogP contribution in [0, 0.1) is 0 Å². The Bertz CT molecular complexity index is 782. The number of nitrogens with zero attached hydrogens (tertiary/aromatic N) is 2. The predicted octanol–water partition coefficient (Wildman–Crippen LogP) is 1.53. The molecule has 1 N–H and O–H groups in total. The van der Waals surface area contributed by atoms with Crippen molar-refractivity contribution in [2.75, 3.05) is 17.1 Å². The molecule has 0 radical (unpaired) electrons. The van der Waals surface area contributed by atoms with Crippen LogP contribution in [-0.4, -0.2) is 38.2 Å². The first-order valence-corrected chi connectivity index (χ1v) is 8.74. The van der Waals surface area contributed by atoms with Crippen molar-refractivity contribution in [1.29, 1.82) is 0 Å². The number of rotatable bonds is 5. The van der Waals surface area contributed by atoms with E-state index in [1.54, 1.807) is 24.4 Å². The maximum atomic E-state index is 12.1. The zero-order chi connectivity index (χ0) is 16.3. The van der Waals surface area contributed by atoms with E-state index in [2.05, 4.69) is 10.3 Å². The number of sulfonamides is 1. The van der Waals surface area contributed by atoms with Gasteiger partial charge in [0, 0.05) is 17.6 Å². The molecule has 22 heavy (non-hydrogen) atoms. The second-order valence-electron chi connectivity index (χ2n) is 5.34. The molecular weight excluding hydrogens is 302 g/mol. The Labute approximate surface area is 130 Å². The van der Waals surface area contributed by atoms with E-state index in [1.165, 1.54) is 0 Å². The topological polar surface area (TPSA) is 79.4 Å². The minimum Gasteiger partial charge on any atom is -0.352 e. The number of nitrogens with one attached hydrogen (secondary N) is 1. The van der Waals surface area contributed by atoms with Crippen LogP contribution in [0.2, 0.25) is 0 Å². The third kappa shape index (κ3) is 3.73. The van der Waals surface area contributed by atoms with Crippen LogP contribution in [0.1, 0.15) is 13.8 Å². The summed E-state index contributed by atoms with van der Waals surface area (Å²) < 4.78 is 25.3. The molecule has 0 bridgehead atoms. The number of carbonyl (C=O) groups is 1. The Morgan fingerprint density at radius 1 is 1.27 bits per heavy atom. The van der Waals surface area contributed by atoms with Gasteiger partial charge in [-0.2, -0.15) is 0 Å². The average molecular weight is 321 g/mol. The molecule has 1 heterocycles. The smallest absolute Gasteiger partial charge is 0.240 e. The lowest BCUT2D eigenvalue weighted by molar-refractivity contribution is -0.120. The SMILES string of the molecule is CC(C)NC(=O)CN(c1cccc2cccnc12)S(C)(=O)=O. The molecule has 2 rings (SSSR count). The van der Waals surface area contributed by atoms with Crippen LogP contribution in [-0.2, 0) is 14.8 Å². The van der Waals surface area contributed by atoms with Gasteiger partial charge in [0.25, 0.3) is 0 Å². The largest absolute Gasteiger partial charge is 0.352 e. The fourth-order valence-electron chi connectivity index (χ4n) is 2.17. The Balaban J connectivity index is 2.47. The summed E-state index contributed by atoms with van der Waals surface area (Å²) in [5.41, 5.74) is 0.951. The van der Waals surface area contributed by atoms with Crippen molar-refractivity contribution in [3.05, 3.63) is 36.5 Å². The molecule has 0 aliphatic heterocycles. The van der Waals surface area contributed by atoms with Gasteiger partial charge in [-0.3, -0.25) is 14.1 Å². The van der Waals surface area contributed by atoms with E-state index in [-0.39, 0.29) is 18.5 Å². The maximum Gasteiger partial charge on any atom is 0.240 e. The number of anilines is 1. The normalized spacial score (nSPS) is 11.6. The highest BCUT2D eigenvalue weighted by atomic mass is 32.2. The molecular formula is C15H19N3O3S. The summed E-state index contributed by atoms with van der Waals surface area (Å²) in [7, 11) is -3.61. The number of hydrogen-bond acceptors (Lipinski definition) is 4. The van der Waals surface area contributed by atoms with Crippen molar-refractivity contribution in [2.45, 2.75) is 19.9 Å². The molecule has 0 aliphatic carbocycles. The summed E-state index contributed by atoms with van der Waals surface area (Å²) in [4.78, 5) is 16.2. The summed E-state index contributed by atoms with van der Waals surface area (Å²) >= 11 is 0. The van der Waals surface area contributed by atoms with Crippen LogP contribution in [0.3, 0.4) is 0 Å². The maximum absolute atomic E-state index is 12.1. The van der Waals surface area contributed by atoms with Crippen molar-refractivity contribution in [1.82, 2.24) is 10.3 Å². The zero-order valence-electron chi connectivity index (χ0n) is 12.8. The lowest BCUT2D eigenvalue weighted by Gasteiger charge is -2.23. The van der Waals surface area contributed by atoms with E-state index in [4.69, 9.17) is 0 Å². The molecule has 0 saturated heterocycles. The second kappa shape index (κ2) is 6.31. The number of fused-ring (bicyclic) bond motifs is 1. The van der Waals surface area contributed by atoms with Crippen molar-refractivity contribution in [3.8, 4) is 0 Å². The summed E-state index contributed by atoms with van der Waals surface area (Å²) in [5, 5.41) is 3.52. The predicted molar refractivity (Wildman–Crippen MR) is 87.2 cm³/mol. The average Bonchev–Trinajstić information content (AvgIpc) is 2.42. The van der Waals surface area contributed by atoms with Gasteiger partial charge in [0.2, 0.25) is 15.9 Å². The third-order valence-corrected chi connectivity index (χ3v) is 4.14. The quantitative estimate of drug-likeness (QED) is 0.905. The molecule has 118 valence electrons. The van der Waals surface area contributed by atoms with Gasteiger partial charge in [-0.25, -0.2) is 8.42 Å². The molecule has 0 fully saturated rings. The molecule has 0 spiro atoms. The standard InChI is InChI=1S/C15H19N3O3S/c1-11(2)17-14(19)10-18(22(3,20)21)13-8-4-6-12-7-5-9-16-15(12)13/h4-9,11H,10H2,1-3H3,(H,17,19). The number of carbonyl (C=O) groups excluding carboxylic acids is 1. The first-order valence-electron chi connectivity index (χ1n) is 6.90. The van der Waals surface area contributed by atoms with Gasteiger partial charge in [0.1, 0.15) is 6.54 Å². The molecule has 1 aromatic carbocycles. The number of pyridine rings is 1. The molecule has 7 heteroatoms. The number of aromatic nitrogens is 1. The van der Waals surface area contributed by atoms with E-state index < -0.39 is 10.0 Å². The van der Waals surface area contributed by atoms with Gasteiger partial charge in [0.05, 0.1) is 17.5 Å². The zero-order valence-corrected chi connectivity index (χ0v) is 13.6. The van der Waals surface area contributed by atoms with E-state index in [0.29, 0.717) is 11.2 Å². The van der Waals surface area contributed by atoms with E-state index in [0.717, 1.165) is 15.9 Å². The fourth-order valence-corrected chi connectivity index (χ4v) is 3.02. The van der Waals surface area contributed by atoms with Crippen LogP contribution in [0.25, 0.3) is 10.9 Å². The number of amides is 1. The molecule has 0 atom stereocenters. The summed E-state index contributed by atoms with van der Waals surface area (Å²) in [5.74, 6) is -0.353. The van der Waals surface area contributed by atoms with Crippen molar-refractivity contribution >= 4 is 32.5 Å². The third-order valence-electron chi connectivity index (χ3n) is 3.02. The summed E-state index contributed by atoms with van der Waals surface area (Å²) in [6, 6.07) is 8.82. The van der Waals surface area contributed by atoms with Gasteiger partial charge in [-0.15, -0.1) is 0 Å². The molecule has 0 aliphatic rings. The van der Waals surface area contributed by atoms with Gasteiger partial charge < -0.3 is 5.32 Å². The Morgan fingerprint density at radius 2 is 1.95 bits per heavy atom. The van der Waals surface area contributed by atoms with Crippen LogP contribution in [0.4, 0.5) is 5.69 Å². The highest BCUT2D eigenvalue weighted by Crippen LogP contribution is 2.26. The Hall–Kier alpha value is -2.15. The molecule has 6 nitrogen and oxygen atoms in total. The summed E-state index contributed by atoms with van der Waals surface area (Å²) in [6.07, 6.45) is 2.68. The lowest BCUT2D eigenvalue weighted by atomic mass is 10.2. The van der Waals surface area contributed by atoms with Gasteiger partial charge >= 0.3 is 0 Å². The fraction of sp³-hybridized carbons (Fsp3) is 0.333. The van der Waals surface area contributed by atoms with Crippen LogP contribution < -0.4 is 9.62 Å². The minimum absolute atomic E-state index is 0.0560. The molecule has 1 amide bonds. The highest BCUT2D eigenvalue weighted by Gasteiger charge is 2.23. The Kier molecular flexibility index (Phi) is 4.65. The van der Waals surface area contributed by atoms with Gasteiger partial charge in [0.15, 0.2) is 0 Å². The highest BCUT2D eigenvalue weighted by molar-refractivity contribution is 7.92. The molecule has 0 unspecified atom stereocenters. The number of hydrogen-bond donors (Lipinski definition) is 1. The molecule has 2 aromatic rings.